The van der Waals surface area contributed by atoms with E-state index in [2.05, 4.69) is 0 Å². The van der Waals surface area contributed by atoms with Crippen LogP contribution in [0.15, 0.2) is 0 Å². The molecular weight excluding hydrogens is 281 g/mol. The number of alkyl halides is 3. The van der Waals surface area contributed by atoms with Gasteiger partial charge in [0.15, 0.2) is 0 Å². The van der Waals surface area contributed by atoms with Gasteiger partial charge in [-0.1, -0.05) is 0 Å². The van der Waals surface area contributed by atoms with E-state index in [1.54, 1.807) is 0 Å². The molecule has 2 N–H and O–H groups in total. The van der Waals surface area contributed by atoms with Crippen LogP contribution in [-0.4, -0.2) is 44.3 Å². The van der Waals surface area contributed by atoms with Crippen LogP contribution in [0.2, 0.25) is 0 Å². The minimum absolute atomic E-state index is 0.0618. The zero-order chi connectivity index (χ0) is 14.7. The molecule has 0 spiro atoms. The zero-order valence-electron chi connectivity index (χ0n) is 11.0. The van der Waals surface area contributed by atoms with Crippen molar-refractivity contribution >= 4 is 10.0 Å². The fraction of sp³-hybridized carbons (Fsp3) is 1.00. The van der Waals surface area contributed by atoms with E-state index in [9.17, 15) is 21.6 Å². The molecule has 0 bridgehead atoms. The summed E-state index contributed by atoms with van der Waals surface area (Å²) >= 11 is 0. The maximum absolute atomic E-state index is 12.1. The van der Waals surface area contributed by atoms with Crippen LogP contribution >= 0.6 is 0 Å². The molecule has 1 fully saturated rings. The molecule has 4 nitrogen and oxygen atoms in total. The number of hydrogen-bond acceptors (Lipinski definition) is 3. The van der Waals surface area contributed by atoms with E-state index in [0.29, 0.717) is 19.5 Å². The quantitative estimate of drug-likeness (QED) is 0.841. The number of hydrogen-bond donors (Lipinski definition) is 1. The number of sulfonamides is 1. The molecule has 0 saturated carbocycles. The first-order valence-electron chi connectivity index (χ1n) is 6.35. The zero-order valence-corrected chi connectivity index (χ0v) is 11.8. The van der Waals surface area contributed by atoms with Crippen LogP contribution in [-0.2, 0) is 10.0 Å². The highest BCUT2D eigenvalue weighted by Crippen LogP contribution is 2.26. The third-order valence-corrected chi connectivity index (χ3v) is 4.66. The van der Waals surface area contributed by atoms with Gasteiger partial charge in [-0.15, -0.1) is 0 Å². The van der Waals surface area contributed by atoms with E-state index in [0.717, 1.165) is 19.1 Å². The minimum atomic E-state index is -4.18. The molecule has 1 aliphatic heterocycles. The van der Waals surface area contributed by atoms with Crippen LogP contribution in [0.3, 0.4) is 0 Å². The fourth-order valence-electron chi connectivity index (χ4n) is 2.42. The lowest BCUT2D eigenvalue weighted by atomic mass is 9.91. The second-order valence-corrected chi connectivity index (χ2v) is 7.26. The van der Waals surface area contributed by atoms with Crippen LogP contribution in [0.4, 0.5) is 13.2 Å². The van der Waals surface area contributed by atoms with Crippen LogP contribution in [0, 0.1) is 5.92 Å². The summed E-state index contributed by atoms with van der Waals surface area (Å²) in [6, 6.07) is -0.522. The van der Waals surface area contributed by atoms with E-state index in [1.165, 1.54) is 4.31 Å². The van der Waals surface area contributed by atoms with Crippen LogP contribution in [0.1, 0.15) is 32.1 Å². The summed E-state index contributed by atoms with van der Waals surface area (Å²) in [4.78, 5) is 0. The molecular formula is C11H21F3N2O2S. The average Bonchev–Trinajstić information content (AvgIpc) is 2.25. The highest BCUT2D eigenvalue weighted by Gasteiger charge is 2.30. The first kappa shape index (κ1) is 16.7. The Morgan fingerprint density at radius 1 is 1.42 bits per heavy atom. The summed E-state index contributed by atoms with van der Waals surface area (Å²) in [6.07, 6.45) is -1.99. The molecule has 0 aromatic rings. The molecule has 1 heterocycles. The van der Waals surface area contributed by atoms with Crippen molar-refractivity contribution in [3.8, 4) is 0 Å². The number of piperidine rings is 1. The lowest BCUT2D eigenvalue weighted by Crippen LogP contribution is -2.41. The molecule has 1 saturated heterocycles. The summed E-state index contributed by atoms with van der Waals surface area (Å²) in [5.74, 6) is 0.0618. The van der Waals surface area contributed by atoms with E-state index < -0.39 is 28.7 Å². The van der Waals surface area contributed by atoms with Crippen molar-refractivity contribution < 1.29 is 21.6 Å². The summed E-state index contributed by atoms with van der Waals surface area (Å²) in [5.41, 5.74) is 5.70. The van der Waals surface area contributed by atoms with Gasteiger partial charge in [-0.2, -0.15) is 13.2 Å². The maximum Gasteiger partial charge on any atom is 0.389 e. The van der Waals surface area contributed by atoms with Gasteiger partial charge in [0.25, 0.3) is 0 Å². The summed E-state index contributed by atoms with van der Waals surface area (Å²) in [7, 11) is -3.22. The lowest BCUT2D eigenvalue weighted by Gasteiger charge is -2.32. The summed E-state index contributed by atoms with van der Waals surface area (Å²) in [6.45, 7) is 0.867. The van der Waals surface area contributed by atoms with E-state index in [4.69, 9.17) is 5.73 Å². The Labute approximate surface area is 112 Å². The Morgan fingerprint density at radius 3 is 2.58 bits per heavy atom. The standard InChI is InChI=1S/C11H21F3N2O2S/c1-19(17,18)16-6-2-3-9(8-16)7-10(15)4-5-11(12,13)14/h9-10H,2-8,15H2,1H3. The first-order valence-corrected chi connectivity index (χ1v) is 8.20. The molecule has 2 atom stereocenters. The molecule has 0 amide bonds. The molecule has 0 aromatic carbocycles. The number of halogens is 3. The van der Waals surface area contributed by atoms with Crippen molar-refractivity contribution in [1.82, 2.24) is 4.31 Å². The Balaban J connectivity index is 2.40. The summed E-state index contributed by atoms with van der Waals surface area (Å²) < 4.78 is 60.4. The van der Waals surface area contributed by atoms with Crippen LogP contribution in [0.25, 0.3) is 0 Å². The van der Waals surface area contributed by atoms with Crippen molar-refractivity contribution in [2.24, 2.45) is 11.7 Å². The van der Waals surface area contributed by atoms with Gasteiger partial charge in [-0.25, -0.2) is 12.7 Å². The van der Waals surface area contributed by atoms with Crippen molar-refractivity contribution in [3.63, 3.8) is 0 Å². The van der Waals surface area contributed by atoms with Crippen LogP contribution < -0.4 is 5.73 Å². The van der Waals surface area contributed by atoms with Crippen molar-refractivity contribution in [2.75, 3.05) is 19.3 Å². The molecule has 0 aromatic heterocycles. The van der Waals surface area contributed by atoms with Crippen molar-refractivity contribution in [2.45, 2.75) is 44.3 Å². The molecule has 8 heteroatoms. The first-order chi connectivity index (χ1) is 8.58. The third kappa shape index (κ3) is 6.58. The topological polar surface area (TPSA) is 63.4 Å². The number of rotatable bonds is 5. The van der Waals surface area contributed by atoms with E-state index in [-0.39, 0.29) is 12.3 Å². The van der Waals surface area contributed by atoms with Crippen molar-refractivity contribution in [1.29, 1.82) is 0 Å². The summed E-state index contributed by atoms with van der Waals surface area (Å²) in [5, 5.41) is 0. The lowest BCUT2D eigenvalue weighted by molar-refractivity contribution is -0.136. The largest absolute Gasteiger partial charge is 0.389 e. The minimum Gasteiger partial charge on any atom is -0.328 e. The SMILES string of the molecule is CS(=O)(=O)N1CCCC(CC(N)CCC(F)(F)F)C1. The normalized spacial score (nSPS) is 24.4. The van der Waals surface area contributed by atoms with Gasteiger partial charge >= 0.3 is 6.18 Å². The predicted octanol–water partition coefficient (Wildman–Crippen LogP) is 1.72. The molecule has 0 radical (unpaired) electrons. The van der Waals surface area contributed by atoms with Gasteiger partial charge in [-0.3, -0.25) is 0 Å². The monoisotopic (exact) mass is 302 g/mol. The second-order valence-electron chi connectivity index (χ2n) is 5.28. The van der Waals surface area contributed by atoms with Gasteiger partial charge in [0.05, 0.1) is 6.26 Å². The predicted molar refractivity (Wildman–Crippen MR) is 67.0 cm³/mol. The Bertz CT molecular complexity index is 384. The van der Waals surface area contributed by atoms with Gasteiger partial charge in [0.1, 0.15) is 0 Å². The van der Waals surface area contributed by atoms with E-state index >= 15 is 0 Å². The van der Waals surface area contributed by atoms with Crippen molar-refractivity contribution in [3.05, 3.63) is 0 Å². The Morgan fingerprint density at radius 2 is 2.05 bits per heavy atom. The molecule has 0 aliphatic carbocycles. The molecule has 1 rings (SSSR count). The molecule has 1 aliphatic rings. The Kier molecular flexibility index (Phi) is 5.64. The fourth-order valence-corrected chi connectivity index (χ4v) is 3.36. The third-order valence-electron chi connectivity index (χ3n) is 3.39. The smallest absolute Gasteiger partial charge is 0.328 e. The highest BCUT2D eigenvalue weighted by atomic mass is 32.2. The maximum atomic E-state index is 12.1. The number of nitrogens with two attached hydrogens (primary N) is 1. The Hall–Kier alpha value is -0.340. The van der Waals surface area contributed by atoms with Gasteiger partial charge in [0, 0.05) is 25.6 Å². The highest BCUT2D eigenvalue weighted by molar-refractivity contribution is 7.88. The molecule has 19 heavy (non-hydrogen) atoms. The van der Waals surface area contributed by atoms with Gasteiger partial charge in [-0.05, 0) is 31.6 Å². The number of nitrogens with zero attached hydrogens (tertiary/aromatic N) is 1. The van der Waals surface area contributed by atoms with Crippen LogP contribution in [0.5, 0.6) is 0 Å². The second kappa shape index (κ2) is 6.41. The van der Waals surface area contributed by atoms with E-state index in [1.807, 2.05) is 0 Å². The molecule has 2 unspecified atom stereocenters. The van der Waals surface area contributed by atoms with Gasteiger partial charge < -0.3 is 5.73 Å². The average molecular weight is 302 g/mol. The van der Waals surface area contributed by atoms with Gasteiger partial charge in [0.2, 0.25) is 10.0 Å². The molecule has 114 valence electrons.